The Morgan fingerprint density at radius 2 is 1.37 bits per heavy atom. The van der Waals surface area contributed by atoms with Crippen LogP contribution in [0.5, 0.6) is 0 Å². The van der Waals surface area contributed by atoms with Crippen molar-refractivity contribution in [1.82, 2.24) is 0 Å². The molecule has 0 N–H and O–H groups in total. The van der Waals surface area contributed by atoms with Gasteiger partial charge in [-0.15, -0.1) is 0 Å². The van der Waals surface area contributed by atoms with E-state index in [2.05, 4.69) is 0 Å². The van der Waals surface area contributed by atoms with Gasteiger partial charge in [0.15, 0.2) is 24.8 Å². The Morgan fingerprint density at radius 1 is 0.926 bits per heavy atom. The highest BCUT2D eigenvalue weighted by molar-refractivity contribution is 5.72. The van der Waals surface area contributed by atoms with Crippen LogP contribution in [0, 0.1) is 0 Å². The number of carbonyl (C=O) groups excluding carboxylic acids is 1. The van der Waals surface area contributed by atoms with E-state index in [1.165, 1.54) is 0 Å². The summed E-state index contributed by atoms with van der Waals surface area (Å²) in [6.45, 7) is 2.71. The fourth-order valence-corrected chi connectivity index (χ4v) is 2.53. The molecule has 1 atom stereocenters. The number of halogens is 2. The molecule has 0 spiro atoms. The normalized spacial score (nSPS) is 10.9. The molecule has 0 aliphatic carbocycles. The van der Waals surface area contributed by atoms with Gasteiger partial charge in [0.25, 0.3) is 0 Å². The molecule has 0 aliphatic rings. The lowest BCUT2D eigenvalue weighted by Gasteiger charge is -2.13. The fourth-order valence-electron chi connectivity index (χ4n) is 2.53. The SMILES string of the molecule is CCOC(=O)C(C[n+]1ccc(N(C)C)cc1)[n+]1ccc(N(C)C)cc1.[Br-].[Br-]. The van der Waals surface area contributed by atoms with Crippen molar-refractivity contribution in [3.05, 3.63) is 49.1 Å². The summed E-state index contributed by atoms with van der Waals surface area (Å²) in [5.41, 5.74) is 2.20. The Balaban J connectivity index is 0.00000338. The predicted octanol–water partition coefficient (Wildman–Crippen LogP) is -4.79. The molecule has 8 heteroatoms. The Kier molecular flexibility index (Phi) is 11.2. The number of hydrogen-bond donors (Lipinski definition) is 0. The van der Waals surface area contributed by atoms with Gasteiger partial charge in [0.2, 0.25) is 6.54 Å². The first-order valence-electron chi connectivity index (χ1n) is 8.43. The first-order chi connectivity index (χ1) is 11.9. The monoisotopic (exact) mass is 502 g/mol. The van der Waals surface area contributed by atoms with Gasteiger partial charge in [-0.2, -0.15) is 9.13 Å². The number of hydrogen-bond acceptors (Lipinski definition) is 4. The van der Waals surface area contributed by atoms with Gasteiger partial charge in [-0.3, -0.25) is 0 Å². The molecular weight excluding hydrogens is 476 g/mol. The summed E-state index contributed by atoms with van der Waals surface area (Å²) in [6.07, 6.45) is 7.81. The van der Waals surface area contributed by atoms with Crippen molar-refractivity contribution in [3.63, 3.8) is 0 Å². The van der Waals surface area contributed by atoms with E-state index in [4.69, 9.17) is 4.74 Å². The molecule has 0 saturated carbocycles. The second-order valence-corrected chi connectivity index (χ2v) is 6.31. The van der Waals surface area contributed by atoms with Crippen LogP contribution in [0.2, 0.25) is 0 Å². The van der Waals surface area contributed by atoms with E-state index in [-0.39, 0.29) is 39.9 Å². The fraction of sp³-hybridized carbons (Fsp3) is 0.421. The molecule has 150 valence electrons. The number of aromatic nitrogens is 2. The molecule has 2 rings (SSSR count). The summed E-state index contributed by atoms with van der Waals surface area (Å²) in [4.78, 5) is 16.5. The Labute approximate surface area is 182 Å². The maximum absolute atomic E-state index is 12.5. The van der Waals surface area contributed by atoms with E-state index >= 15 is 0 Å². The second kappa shape index (κ2) is 11.9. The summed E-state index contributed by atoms with van der Waals surface area (Å²) >= 11 is 0. The molecule has 0 aliphatic heterocycles. The van der Waals surface area contributed by atoms with Crippen molar-refractivity contribution in [3.8, 4) is 0 Å². The Hall–Kier alpha value is -1.67. The number of pyridine rings is 2. The summed E-state index contributed by atoms with van der Waals surface area (Å²) in [7, 11) is 7.99. The molecule has 0 bridgehead atoms. The highest BCUT2D eigenvalue weighted by Crippen LogP contribution is 2.10. The maximum atomic E-state index is 12.5. The third-order valence-electron chi connectivity index (χ3n) is 4.04. The zero-order chi connectivity index (χ0) is 18.4. The van der Waals surface area contributed by atoms with Crippen LogP contribution in [-0.4, -0.2) is 40.8 Å². The predicted molar refractivity (Wildman–Crippen MR) is 97.6 cm³/mol. The third-order valence-corrected chi connectivity index (χ3v) is 4.04. The van der Waals surface area contributed by atoms with Gasteiger partial charge in [0, 0.05) is 63.8 Å². The van der Waals surface area contributed by atoms with E-state index < -0.39 is 6.04 Å². The minimum atomic E-state index is -0.411. The quantitative estimate of drug-likeness (QED) is 0.281. The number of carbonyl (C=O) groups is 1. The number of anilines is 2. The lowest BCUT2D eigenvalue weighted by molar-refractivity contribution is -0.788. The molecule has 2 heterocycles. The number of esters is 1. The van der Waals surface area contributed by atoms with Crippen LogP contribution in [0.4, 0.5) is 11.4 Å². The second-order valence-electron chi connectivity index (χ2n) is 6.31. The minimum Gasteiger partial charge on any atom is -1.00 e. The summed E-state index contributed by atoms with van der Waals surface area (Å²) in [6, 6.07) is 7.63. The standard InChI is InChI=1S/C19H28N4O2.2BrH/c1-6-25-19(24)18(23-13-9-17(10-14-23)21(4)5)15-22-11-7-16(8-12-22)20(2)3;;/h7-14,18H,6,15H2,1-5H3;2*1H/q+2;;/p-2. The van der Waals surface area contributed by atoms with Crippen molar-refractivity contribution >= 4 is 17.3 Å². The average molecular weight is 504 g/mol. The topological polar surface area (TPSA) is 40.5 Å². The molecule has 0 fully saturated rings. The van der Waals surface area contributed by atoms with Crippen LogP contribution >= 0.6 is 0 Å². The lowest BCUT2D eigenvalue weighted by atomic mass is 10.2. The minimum absolute atomic E-state index is 0. The van der Waals surface area contributed by atoms with Crippen LogP contribution in [0.15, 0.2) is 49.1 Å². The third kappa shape index (κ3) is 7.10. The van der Waals surface area contributed by atoms with E-state index in [1.54, 1.807) is 0 Å². The smallest absolute Gasteiger partial charge is 0.382 e. The van der Waals surface area contributed by atoms with Gasteiger partial charge >= 0.3 is 12.0 Å². The average Bonchev–Trinajstić information content (AvgIpc) is 2.60. The molecule has 27 heavy (non-hydrogen) atoms. The zero-order valence-electron chi connectivity index (χ0n) is 16.5. The van der Waals surface area contributed by atoms with Crippen molar-refractivity contribution in [1.29, 1.82) is 0 Å². The lowest BCUT2D eigenvalue weighted by Crippen LogP contribution is -3.00. The first-order valence-corrected chi connectivity index (χ1v) is 8.43. The molecular formula is C19H28Br2N4O2. The number of ether oxygens (including phenoxy) is 1. The van der Waals surface area contributed by atoms with Gasteiger partial charge in [-0.25, -0.2) is 4.79 Å². The molecule has 0 amide bonds. The van der Waals surface area contributed by atoms with Gasteiger partial charge in [-0.1, -0.05) is 0 Å². The van der Waals surface area contributed by atoms with Crippen LogP contribution in [0.1, 0.15) is 13.0 Å². The maximum Gasteiger partial charge on any atom is 0.382 e. The van der Waals surface area contributed by atoms with Crippen LogP contribution in [-0.2, 0) is 16.1 Å². The van der Waals surface area contributed by atoms with Gasteiger partial charge in [0.1, 0.15) is 0 Å². The Bertz CT molecular complexity index is 692. The van der Waals surface area contributed by atoms with Crippen LogP contribution in [0.25, 0.3) is 0 Å². The number of rotatable bonds is 7. The van der Waals surface area contributed by atoms with Gasteiger partial charge in [-0.05, 0) is 6.92 Å². The molecule has 1 unspecified atom stereocenters. The van der Waals surface area contributed by atoms with E-state index in [0.717, 1.165) is 11.4 Å². The number of nitrogens with zero attached hydrogens (tertiary/aromatic N) is 4. The highest BCUT2D eigenvalue weighted by atomic mass is 79.9. The molecule has 2 aromatic heterocycles. The molecule has 0 radical (unpaired) electrons. The van der Waals surface area contributed by atoms with Gasteiger partial charge in [0.05, 0.1) is 6.61 Å². The van der Waals surface area contributed by atoms with Crippen molar-refractivity contribution in [2.24, 2.45) is 0 Å². The zero-order valence-corrected chi connectivity index (χ0v) is 19.6. The van der Waals surface area contributed by atoms with E-state index in [1.807, 2.05) is 103 Å². The van der Waals surface area contributed by atoms with Gasteiger partial charge < -0.3 is 48.5 Å². The summed E-state index contributed by atoms with van der Waals surface area (Å²) < 4.78 is 9.18. The summed E-state index contributed by atoms with van der Waals surface area (Å²) in [5.74, 6) is -0.228. The van der Waals surface area contributed by atoms with E-state index in [9.17, 15) is 4.79 Å². The Morgan fingerprint density at radius 3 is 1.78 bits per heavy atom. The van der Waals surface area contributed by atoms with E-state index in [0.29, 0.717) is 13.2 Å². The summed E-state index contributed by atoms with van der Waals surface area (Å²) in [5, 5.41) is 0. The first kappa shape index (κ1) is 25.3. The molecule has 2 aromatic rings. The van der Waals surface area contributed by atoms with Crippen molar-refractivity contribution in [2.75, 3.05) is 44.6 Å². The van der Waals surface area contributed by atoms with Crippen molar-refractivity contribution in [2.45, 2.75) is 19.5 Å². The largest absolute Gasteiger partial charge is 1.00 e. The van der Waals surface area contributed by atoms with Crippen LogP contribution < -0.4 is 52.9 Å². The molecule has 6 nitrogen and oxygen atoms in total. The van der Waals surface area contributed by atoms with Crippen LogP contribution in [0.3, 0.4) is 0 Å². The molecule has 0 saturated heterocycles. The molecule has 0 aromatic carbocycles. The highest BCUT2D eigenvalue weighted by Gasteiger charge is 2.33. The van der Waals surface area contributed by atoms with Crippen molar-refractivity contribution < 1.29 is 52.6 Å².